The molecule has 0 aliphatic heterocycles. The fraction of sp³-hybridized carbons (Fsp3) is 0. The number of carbonyl (C=O) groups excluding carboxylic acids is 1. The first-order chi connectivity index (χ1) is 14.6. The van der Waals surface area contributed by atoms with E-state index < -0.39 is 5.97 Å². The van der Waals surface area contributed by atoms with E-state index >= 15 is 0 Å². The van der Waals surface area contributed by atoms with Gasteiger partial charge in [0.25, 0.3) is 0 Å². The van der Waals surface area contributed by atoms with Crippen LogP contribution in [0.25, 0.3) is 17.0 Å². The van der Waals surface area contributed by atoms with E-state index in [9.17, 15) is 9.59 Å². The minimum absolute atomic E-state index is 0.0601. The van der Waals surface area contributed by atoms with Crippen molar-refractivity contribution in [1.29, 1.82) is 0 Å². The summed E-state index contributed by atoms with van der Waals surface area (Å²) in [6.07, 6.45) is 4.24. The molecule has 6 heteroatoms. The molecule has 0 radical (unpaired) electrons. The van der Waals surface area contributed by atoms with Crippen LogP contribution in [-0.4, -0.2) is 5.97 Å². The van der Waals surface area contributed by atoms with Gasteiger partial charge in [-0.05, 0) is 51.8 Å². The predicted molar refractivity (Wildman–Crippen MR) is 118 cm³/mol. The summed E-state index contributed by atoms with van der Waals surface area (Å²) < 4.78 is 17.2. The fourth-order valence-corrected chi connectivity index (χ4v) is 3.12. The number of fused-ring (bicyclic) bond motifs is 1. The molecule has 0 aliphatic carbocycles. The fourth-order valence-electron chi connectivity index (χ4n) is 2.75. The minimum Gasteiger partial charge on any atom is -0.460 e. The summed E-state index contributed by atoms with van der Waals surface area (Å²) in [5.74, 6) is 0.298. The second-order valence-electron chi connectivity index (χ2n) is 6.28. The Kier molecular flexibility index (Phi) is 5.77. The van der Waals surface area contributed by atoms with E-state index in [-0.39, 0.29) is 22.5 Å². The van der Waals surface area contributed by atoms with Gasteiger partial charge < -0.3 is 13.9 Å². The zero-order valence-electron chi connectivity index (χ0n) is 15.6. The molecule has 0 atom stereocenters. The molecule has 0 fully saturated rings. The molecule has 0 saturated heterocycles. The third kappa shape index (κ3) is 4.50. The topological polar surface area (TPSA) is 65.7 Å². The SMILES string of the molecule is O=C(C=Cc1ccccc1)Oc1ccc2c(=O)c(Oc3ccccc3Br)coc2c1. The smallest absolute Gasteiger partial charge is 0.336 e. The summed E-state index contributed by atoms with van der Waals surface area (Å²) in [6.45, 7) is 0. The van der Waals surface area contributed by atoms with E-state index in [1.807, 2.05) is 42.5 Å². The predicted octanol–water partition coefficient (Wildman–Crippen LogP) is 5.97. The van der Waals surface area contributed by atoms with Crippen molar-refractivity contribution in [3.8, 4) is 17.2 Å². The molecule has 148 valence electrons. The Morgan fingerprint density at radius 3 is 2.50 bits per heavy atom. The Morgan fingerprint density at radius 2 is 1.70 bits per heavy atom. The van der Waals surface area contributed by atoms with Gasteiger partial charge in [-0.15, -0.1) is 0 Å². The maximum atomic E-state index is 12.7. The Labute approximate surface area is 180 Å². The number of carbonyl (C=O) groups is 1. The first-order valence-electron chi connectivity index (χ1n) is 9.03. The normalized spacial score (nSPS) is 11.0. The second kappa shape index (κ2) is 8.80. The average Bonchev–Trinajstić information content (AvgIpc) is 2.76. The number of rotatable bonds is 5. The number of benzene rings is 3. The molecule has 0 spiro atoms. The van der Waals surface area contributed by atoms with Crippen LogP contribution in [0.15, 0.2) is 98.8 Å². The van der Waals surface area contributed by atoms with Crippen LogP contribution in [0.5, 0.6) is 17.2 Å². The number of hydrogen-bond donors (Lipinski definition) is 0. The minimum atomic E-state index is -0.533. The van der Waals surface area contributed by atoms with Crippen LogP contribution in [0.1, 0.15) is 5.56 Å². The molecule has 0 aliphatic rings. The van der Waals surface area contributed by atoms with Gasteiger partial charge in [0.15, 0.2) is 0 Å². The maximum Gasteiger partial charge on any atom is 0.336 e. The number of esters is 1. The van der Waals surface area contributed by atoms with Crippen LogP contribution in [0.3, 0.4) is 0 Å². The molecular formula is C24H15BrO5. The van der Waals surface area contributed by atoms with Crippen LogP contribution < -0.4 is 14.9 Å². The highest BCUT2D eigenvalue weighted by Gasteiger charge is 2.12. The lowest BCUT2D eigenvalue weighted by molar-refractivity contribution is -0.128. The largest absolute Gasteiger partial charge is 0.460 e. The van der Waals surface area contributed by atoms with Gasteiger partial charge in [-0.3, -0.25) is 4.79 Å². The lowest BCUT2D eigenvalue weighted by Gasteiger charge is -2.08. The summed E-state index contributed by atoms with van der Waals surface area (Å²) in [4.78, 5) is 24.8. The van der Waals surface area contributed by atoms with E-state index in [1.54, 1.807) is 18.2 Å². The third-order valence-electron chi connectivity index (χ3n) is 4.20. The molecule has 0 amide bonds. The van der Waals surface area contributed by atoms with Gasteiger partial charge in [-0.1, -0.05) is 42.5 Å². The molecule has 3 aromatic carbocycles. The van der Waals surface area contributed by atoms with Crippen molar-refractivity contribution in [3.05, 3.63) is 105 Å². The van der Waals surface area contributed by atoms with Gasteiger partial charge in [-0.2, -0.15) is 0 Å². The van der Waals surface area contributed by atoms with Crippen molar-refractivity contribution in [2.24, 2.45) is 0 Å². The van der Waals surface area contributed by atoms with Crippen LogP contribution in [0.4, 0.5) is 0 Å². The Balaban J connectivity index is 1.53. The van der Waals surface area contributed by atoms with Crippen molar-refractivity contribution in [2.45, 2.75) is 0 Å². The second-order valence-corrected chi connectivity index (χ2v) is 7.14. The quantitative estimate of drug-likeness (QED) is 0.207. The summed E-state index contributed by atoms with van der Waals surface area (Å²) in [6, 6.07) is 21.2. The Hall–Kier alpha value is -3.64. The van der Waals surface area contributed by atoms with E-state index in [0.29, 0.717) is 11.1 Å². The average molecular weight is 463 g/mol. The van der Waals surface area contributed by atoms with Gasteiger partial charge in [0, 0.05) is 12.1 Å². The number of hydrogen-bond acceptors (Lipinski definition) is 5. The summed E-state index contributed by atoms with van der Waals surface area (Å²) in [7, 11) is 0. The highest BCUT2D eigenvalue weighted by Crippen LogP contribution is 2.29. The van der Waals surface area contributed by atoms with Crippen LogP contribution in [0, 0.1) is 0 Å². The first kappa shape index (κ1) is 19.7. The van der Waals surface area contributed by atoms with Gasteiger partial charge in [0.05, 0.1) is 9.86 Å². The zero-order valence-corrected chi connectivity index (χ0v) is 17.2. The number of ether oxygens (including phenoxy) is 2. The van der Waals surface area contributed by atoms with Gasteiger partial charge in [0.2, 0.25) is 11.2 Å². The molecule has 0 N–H and O–H groups in total. The first-order valence-corrected chi connectivity index (χ1v) is 9.82. The summed E-state index contributed by atoms with van der Waals surface area (Å²) >= 11 is 3.38. The van der Waals surface area contributed by atoms with Crippen LogP contribution in [0.2, 0.25) is 0 Å². The van der Waals surface area contributed by atoms with Gasteiger partial charge in [0.1, 0.15) is 23.3 Å². The monoisotopic (exact) mass is 462 g/mol. The lowest BCUT2D eigenvalue weighted by atomic mass is 10.2. The molecular weight excluding hydrogens is 448 g/mol. The Bertz CT molecular complexity index is 1290. The van der Waals surface area contributed by atoms with Crippen molar-refractivity contribution < 1.29 is 18.7 Å². The molecule has 4 rings (SSSR count). The van der Waals surface area contributed by atoms with Crippen molar-refractivity contribution in [1.82, 2.24) is 0 Å². The highest BCUT2D eigenvalue weighted by atomic mass is 79.9. The van der Waals surface area contributed by atoms with E-state index in [2.05, 4.69) is 15.9 Å². The van der Waals surface area contributed by atoms with E-state index in [4.69, 9.17) is 13.9 Å². The number of para-hydroxylation sites is 1. The van der Waals surface area contributed by atoms with Crippen molar-refractivity contribution in [2.75, 3.05) is 0 Å². The molecule has 0 unspecified atom stereocenters. The molecule has 0 saturated carbocycles. The molecule has 5 nitrogen and oxygen atoms in total. The molecule has 4 aromatic rings. The van der Waals surface area contributed by atoms with Crippen molar-refractivity contribution >= 4 is 38.9 Å². The van der Waals surface area contributed by atoms with Gasteiger partial charge >= 0.3 is 5.97 Å². The summed E-state index contributed by atoms with van der Waals surface area (Å²) in [5.41, 5.74) is 0.849. The van der Waals surface area contributed by atoms with Crippen LogP contribution in [-0.2, 0) is 4.79 Å². The van der Waals surface area contributed by atoms with Crippen molar-refractivity contribution in [3.63, 3.8) is 0 Å². The molecule has 0 bridgehead atoms. The molecule has 1 heterocycles. The third-order valence-corrected chi connectivity index (χ3v) is 4.86. The molecule has 30 heavy (non-hydrogen) atoms. The standard InChI is InChI=1S/C24H15BrO5/c25-19-8-4-5-9-20(19)30-22-15-28-21-14-17(11-12-18(21)24(22)27)29-23(26)13-10-16-6-2-1-3-7-16/h1-15H. The van der Waals surface area contributed by atoms with E-state index in [1.165, 1.54) is 30.5 Å². The lowest BCUT2D eigenvalue weighted by Crippen LogP contribution is -2.06. The molecule has 1 aromatic heterocycles. The maximum absolute atomic E-state index is 12.7. The number of halogens is 1. The zero-order chi connectivity index (χ0) is 20.9. The highest BCUT2D eigenvalue weighted by molar-refractivity contribution is 9.10. The van der Waals surface area contributed by atoms with Gasteiger partial charge in [-0.25, -0.2) is 4.79 Å². The Morgan fingerprint density at radius 1 is 0.933 bits per heavy atom. The van der Waals surface area contributed by atoms with E-state index in [0.717, 1.165) is 10.0 Å². The summed E-state index contributed by atoms with van der Waals surface area (Å²) in [5, 5.41) is 0.319. The van der Waals surface area contributed by atoms with Crippen LogP contribution >= 0.6 is 15.9 Å².